The van der Waals surface area contributed by atoms with Crippen molar-refractivity contribution in [2.24, 2.45) is 0 Å². The van der Waals surface area contributed by atoms with Crippen LogP contribution in [0.5, 0.6) is 0 Å². The summed E-state index contributed by atoms with van der Waals surface area (Å²) in [6, 6.07) is 74.1. The highest BCUT2D eigenvalue weighted by molar-refractivity contribution is 6.27. The molecule has 0 saturated carbocycles. The molecule has 0 radical (unpaired) electrons. The number of benzene rings is 9. The summed E-state index contributed by atoms with van der Waals surface area (Å²) in [5.41, 5.74) is 9.16. The van der Waals surface area contributed by atoms with E-state index in [1.807, 2.05) is 0 Å². The summed E-state index contributed by atoms with van der Waals surface area (Å²) >= 11 is 0. The van der Waals surface area contributed by atoms with E-state index >= 15 is 0 Å². The third-order valence-electron chi connectivity index (χ3n) is 9.58. The number of hydrogen-bond acceptors (Lipinski definition) is 2. The maximum atomic E-state index is 2.38. The highest BCUT2D eigenvalue weighted by Gasteiger charge is 2.18. The molecule has 0 bridgehead atoms. The lowest BCUT2D eigenvalue weighted by atomic mass is 9.91. The van der Waals surface area contributed by atoms with Crippen molar-refractivity contribution < 1.29 is 0 Å². The number of anilines is 6. The summed E-state index contributed by atoms with van der Waals surface area (Å²) in [5.74, 6) is 0. The molecule has 0 spiro atoms. The Kier molecular flexibility index (Phi) is 7.53. The summed E-state index contributed by atoms with van der Waals surface area (Å²) in [6.07, 6.45) is 0. The molecule has 236 valence electrons. The zero-order chi connectivity index (χ0) is 33.3. The fraction of sp³-hybridized carbons (Fsp3) is 0. The second kappa shape index (κ2) is 12.8. The molecule has 0 N–H and O–H groups in total. The van der Waals surface area contributed by atoms with Crippen LogP contribution in [-0.2, 0) is 0 Å². The first-order valence-electron chi connectivity index (χ1n) is 17.1. The Morgan fingerprint density at radius 3 is 0.940 bits per heavy atom. The Labute approximate surface area is 292 Å². The lowest BCUT2D eigenvalue weighted by molar-refractivity contribution is 1.29. The molecule has 9 aromatic rings. The third-order valence-corrected chi connectivity index (χ3v) is 9.58. The minimum Gasteiger partial charge on any atom is -0.310 e. The molecule has 0 saturated heterocycles. The van der Waals surface area contributed by atoms with Gasteiger partial charge in [0.2, 0.25) is 0 Å². The van der Waals surface area contributed by atoms with E-state index in [1.54, 1.807) is 0 Å². The average Bonchev–Trinajstić information content (AvgIpc) is 3.20. The summed E-state index contributed by atoms with van der Waals surface area (Å²) in [4.78, 5) is 4.69. The first kappa shape index (κ1) is 29.5. The molecule has 0 aromatic heterocycles. The number of para-hydroxylation sites is 4. The smallest absolute Gasteiger partial charge is 0.0468 e. The van der Waals surface area contributed by atoms with Crippen LogP contribution in [0.3, 0.4) is 0 Å². The van der Waals surface area contributed by atoms with Gasteiger partial charge >= 0.3 is 0 Å². The molecule has 0 heterocycles. The Morgan fingerprint density at radius 1 is 0.200 bits per heavy atom. The number of rotatable bonds is 7. The fourth-order valence-corrected chi connectivity index (χ4v) is 7.27. The van der Waals surface area contributed by atoms with Gasteiger partial charge in [0, 0.05) is 34.1 Å². The molecule has 50 heavy (non-hydrogen) atoms. The van der Waals surface area contributed by atoms with Gasteiger partial charge < -0.3 is 9.80 Å². The van der Waals surface area contributed by atoms with E-state index in [9.17, 15) is 0 Å². The van der Waals surface area contributed by atoms with Crippen LogP contribution in [0.2, 0.25) is 0 Å². The molecular weight excluding hydrogens is 605 g/mol. The van der Waals surface area contributed by atoms with Crippen molar-refractivity contribution in [3.05, 3.63) is 206 Å². The quantitative estimate of drug-likeness (QED) is 0.160. The van der Waals surface area contributed by atoms with Crippen LogP contribution in [0.25, 0.3) is 43.4 Å². The minimum atomic E-state index is 1.12. The van der Waals surface area contributed by atoms with Gasteiger partial charge in [0.05, 0.1) is 0 Å². The van der Waals surface area contributed by atoms with Gasteiger partial charge in [0.1, 0.15) is 0 Å². The molecule has 9 aromatic carbocycles. The Balaban J connectivity index is 1.32. The van der Waals surface area contributed by atoms with Crippen LogP contribution >= 0.6 is 0 Å². The van der Waals surface area contributed by atoms with Gasteiger partial charge in [-0.2, -0.15) is 0 Å². The highest BCUT2D eigenvalue weighted by atomic mass is 15.1. The molecule has 0 amide bonds. The monoisotopic (exact) mass is 638 g/mol. The van der Waals surface area contributed by atoms with Crippen molar-refractivity contribution in [1.82, 2.24) is 0 Å². The van der Waals surface area contributed by atoms with E-state index in [0.717, 1.165) is 34.1 Å². The standard InChI is InChI=1S/C48H34N2/c1-6-16-35(17-7-1)36-26-29-45-46(32-36)48-34-42(50(39-22-12-4-13-23-39)40-24-14-5-15-25-40)28-31-44(48)43-30-27-41(33-47(43)45)49(37-18-8-2-9-19-37)38-20-10-3-11-21-38/h1-34H. The lowest BCUT2D eigenvalue weighted by Gasteiger charge is -2.27. The number of fused-ring (bicyclic) bond motifs is 6. The molecule has 0 aliphatic rings. The van der Waals surface area contributed by atoms with E-state index in [2.05, 4.69) is 216 Å². The topological polar surface area (TPSA) is 6.48 Å². The zero-order valence-electron chi connectivity index (χ0n) is 27.5. The van der Waals surface area contributed by atoms with Crippen LogP contribution in [-0.4, -0.2) is 0 Å². The van der Waals surface area contributed by atoms with Gasteiger partial charge in [0.15, 0.2) is 0 Å². The first-order chi connectivity index (χ1) is 24.8. The van der Waals surface area contributed by atoms with Crippen molar-refractivity contribution >= 4 is 66.4 Å². The predicted octanol–water partition coefficient (Wildman–Crippen LogP) is 13.8. The first-order valence-corrected chi connectivity index (χ1v) is 17.1. The SMILES string of the molecule is c1ccc(-c2ccc3c(c2)c2cc(N(c4ccccc4)c4ccccc4)ccc2c2ccc(N(c4ccccc4)c4ccccc4)cc23)cc1. The molecular formula is C48H34N2. The van der Waals surface area contributed by atoms with Gasteiger partial charge in [-0.15, -0.1) is 0 Å². The Bertz CT molecular complexity index is 2490. The molecule has 2 nitrogen and oxygen atoms in total. The van der Waals surface area contributed by atoms with E-state index in [4.69, 9.17) is 0 Å². The van der Waals surface area contributed by atoms with Gasteiger partial charge in [-0.05, 0) is 122 Å². The van der Waals surface area contributed by atoms with Crippen molar-refractivity contribution in [2.45, 2.75) is 0 Å². The summed E-state index contributed by atoms with van der Waals surface area (Å²) < 4.78 is 0. The number of hydrogen-bond donors (Lipinski definition) is 0. The van der Waals surface area contributed by atoms with Crippen molar-refractivity contribution in [3.63, 3.8) is 0 Å². The molecule has 0 fully saturated rings. The van der Waals surface area contributed by atoms with Crippen molar-refractivity contribution in [1.29, 1.82) is 0 Å². The summed E-state index contributed by atoms with van der Waals surface area (Å²) in [6.45, 7) is 0. The van der Waals surface area contributed by atoms with Crippen LogP contribution in [0.4, 0.5) is 34.1 Å². The summed E-state index contributed by atoms with van der Waals surface area (Å²) in [5, 5.41) is 7.41. The predicted molar refractivity (Wildman–Crippen MR) is 214 cm³/mol. The zero-order valence-corrected chi connectivity index (χ0v) is 27.5. The average molecular weight is 639 g/mol. The van der Waals surface area contributed by atoms with Crippen molar-refractivity contribution in [3.8, 4) is 11.1 Å². The van der Waals surface area contributed by atoms with Gasteiger partial charge in [-0.25, -0.2) is 0 Å². The van der Waals surface area contributed by atoms with E-state index in [0.29, 0.717) is 0 Å². The molecule has 2 heteroatoms. The van der Waals surface area contributed by atoms with E-state index in [-0.39, 0.29) is 0 Å². The van der Waals surface area contributed by atoms with Crippen LogP contribution in [0.1, 0.15) is 0 Å². The van der Waals surface area contributed by atoms with E-state index in [1.165, 1.54) is 43.4 Å². The van der Waals surface area contributed by atoms with Crippen LogP contribution < -0.4 is 9.80 Å². The van der Waals surface area contributed by atoms with Gasteiger partial charge in [-0.1, -0.05) is 127 Å². The second-order valence-corrected chi connectivity index (χ2v) is 12.6. The fourth-order valence-electron chi connectivity index (χ4n) is 7.27. The third kappa shape index (κ3) is 5.34. The molecule has 0 aliphatic heterocycles. The number of nitrogens with zero attached hydrogens (tertiary/aromatic N) is 2. The molecule has 0 aliphatic carbocycles. The minimum absolute atomic E-state index is 1.12. The summed E-state index contributed by atoms with van der Waals surface area (Å²) in [7, 11) is 0. The molecule has 0 atom stereocenters. The second-order valence-electron chi connectivity index (χ2n) is 12.6. The van der Waals surface area contributed by atoms with Gasteiger partial charge in [-0.3, -0.25) is 0 Å². The maximum Gasteiger partial charge on any atom is 0.0468 e. The lowest BCUT2D eigenvalue weighted by Crippen LogP contribution is -2.10. The van der Waals surface area contributed by atoms with Crippen LogP contribution in [0.15, 0.2) is 206 Å². The highest BCUT2D eigenvalue weighted by Crippen LogP contribution is 2.44. The van der Waals surface area contributed by atoms with Crippen LogP contribution in [0, 0.1) is 0 Å². The Hall–Kier alpha value is -6.64. The largest absolute Gasteiger partial charge is 0.310 e. The van der Waals surface area contributed by atoms with E-state index < -0.39 is 0 Å². The molecule has 0 unspecified atom stereocenters. The molecule has 9 rings (SSSR count). The maximum absolute atomic E-state index is 2.38. The normalized spacial score (nSPS) is 11.2. The Morgan fingerprint density at radius 2 is 0.520 bits per heavy atom. The van der Waals surface area contributed by atoms with Gasteiger partial charge in [0.25, 0.3) is 0 Å². The van der Waals surface area contributed by atoms with Crippen molar-refractivity contribution in [2.75, 3.05) is 9.80 Å².